The number of aromatic amines is 1. The highest BCUT2D eigenvalue weighted by Gasteiger charge is 1.97. The van der Waals surface area contributed by atoms with Crippen molar-refractivity contribution in [2.75, 3.05) is 19.5 Å². The molecule has 0 unspecified atom stereocenters. The SMILES string of the molecule is CCC(=NNc1ccn[nH]1)N(C)C. The van der Waals surface area contributed by atoms with Crippen LogP contribution in [0.1, 0.15) is 13.3 Å². The molecule has 0 aromatic carbocycles. The molecule has 0 aliphatic carbocycles. The molecule has 1 rings (SSSR count). The highest BCUT2D eigenvalue weighted by molar-refractivity contribution is 5.82. The second-order valence-corrected chi connectivity index (χ2v) is 2.86. The fraction of sp³-hybridized carbons (Fsp3) is 0.500. The maximum absolute atomic E-state index is 4.21. The van der Waals surface area contributed by atoms with Crippen LogP contribution in [-0.2, 0) is 0 Å². The summed E-state index contributed by atoms with van der Waals surface area (Å²) in [5.74, 6) is 1.79. The van der Waals surface area contributed by atoms with Crippen LogP contribution in [0.5, 0.6) is 0 Å². The topological polar surface area (TPSA) is 56.3 Å². The lowest BCUT2D eigenvalue weighted by Crippen LogP contribution is -2.22. The molecule has 0 radical (unpaired) electrons. The van der Waals surface area contributed by atoms with Crippen molar-refractivity contribution >= 4 is 11.7 Å². The fourth-order valence-corrected chi connectivity index (χ4v) is 0.938. The van der Waals surface area contributed by atoms with E-state index in [0.717, 1.165) is 18.1 Å². The Morgan fingerprint density at radius 2 is 2.46 bits per heavy atom. The Morgan fingerprint density at radius 1 is 1.69 bits per heavy atom. The van der Waals surface area contributed by atoms with Crippen molar-refractivity contribution in [1.29, 1.82) is 0 Å². The molecule has 0 saturated carbocycles. The molecule has 0 aliphatic heterocycles. The molecule has 0 aliphatic rings. The standard InChI is InChI=1S/C8H15N5/c1-4-8(13(2)3)12-11-7-5-6-9-10-7/h5-6H,4H2,1-3H3,(H2,9,10,11). The summed E-state index contributed by atoms with van der Waals surface area (Å²) in [4.78, 5) is 1.98. The van der Waals surface area contributed by atoms with Crippen molar-refractivity contribution in [3.63, 3.8) is 0 Å². The summed E-state index contributed by atoms with van der Waals surface area (Å²) >= 11 is 0. The van der Waals surface area contributed by atoms with E-state index in [4.69, 9.17) is 0 Å². The van der Waals surface area contributed by atoms with Gasteiger partial charge in [0.05, 0.1) is 6.20 Å². The van der Waals surface area contributed by atoms with Crippen LogP contribution in [0, 0.1) is 0 Å². The maximum Gasteiger partial charge on any atom is 0.141 e. The summed E-state index contributed by atoms with van der Waals surface area (Å²) in [6.07, 6.45) is 2.58. The number of rotatable bonds is 3. The molecule has 0 spiro atoms. The van der Waals surface area contributed by atoms with Crippen LogP contribution in [0.15, 0.2) is 17.4 Å². The summed E-state index contributed by atoms with van der Waals surface area (Å²) in [5, 5.41) is 10.8. The number of hydrogen-bond acceptors (Lipinski definition) is 3. The number of nitrogens with zero attached hydrogens (tertiary/aromatic N) is 3. The number of hydrogen-bond donors (Lipinski definition) is 2. The van der Waals surface area contributed by atoms with Crippen molar-refractivity contribution in [1.82, 2.24) is 15.1 Å². The molecule has 0 atom stereocenters. The largest absolute Gasteiger partial charge is 0.365 e. The van der Waals surface area contributed by atoms with Crippen LogP contribution >= 0.6 is 0 Å². The van der Waals surface area contributed by atoms with Gasteiger partial charge in [0, 0.05) is 26.6 Å². The molecular weight excluding hydrogens is 166 g/mol. The first-order valence-electron chi connectivity index (χ1n) is 4.23. The van der Waals surface area contributed by atoms with Crippen LogP contribution in [-0.4, -0.2) is 35.0 Å². The fourth-order valence-electron chi connectivity index (χ4n) is 0.938. The molecule has 0 bridgehead atoms. The molecule has 5 nitrogen and oxygen atoms in total. The summed E-state index contributed by atoms with van der Waals surface area (Å²) in [6.45, 7) is 2.06. The van der Waals surface area contributed by atoms with Crippen molar-refractivity contribution in [3.8, 4) is 0 Å². The molecule has 1 aromatic heterocycles. The number of aromatic nitrogens is 2. The molecule has 5 heteroatoms. The van der Waals surface area contributed by atoms with Gasteiger partial charge in [0.25, 0.3) is 0 Å². The second kappa shape index (κ2) is 4.49. The number of hydrazone groups is 1. The van der Waals surface area contributed by atoms with Gasteiger partial charge < -0.3 is 4.90 Å². The minimum atomic E-state index is 0.799. The van der Waals surface area contributed by atoms with E-state index in [1.54, 1.807) is 6.20 Å². The third-order valence-electron chi connectivity index (χ3n) is 1.64. The third kappa shape index (κ3) is 2.77. The Balaban J connectivity index is 2.55. The lowest BCUT2D eigenvalue weighted by Gasteiger charge is -2.13. The quantitative estimate of drug-likeness (QED) is 0.417. The van der Waals surface area contributed by atoms with Gasteiger partial charge in [0.1, 0.15) is 11.7 Å². The van der Waals surface area contributed by atoms with Gasteiger partial charge in [-0.25, -0.2) is 0 Å². The minimum absolute atomic E-state index is 0.799. The molecule has 2 N–H and O–H groups in total. The van der Waals surface area contributed by atoms with Crippen molar-refractivity contribution < 1.29 is 0 Å². The number of nitrogens with one attached hydrogen (secondary N) is 2. The van der Waals surface area contributed by atoms with Crippen molar-refractivity contribution in [2.45, 2.75) is 13.3 Å². The van der Waals surface area contributed by atoms with E-state index >= 15 is 0 Å². The van der Waals surface area contributed by atoms with Crippen molar-refractivity contribution in [3.05, 3.63) is 12.3 Å². The minimum Gasteiger partial charge on any atom is -0.365 e. The van der Waals surface area contributed by atoms with E-state index in [-0.39, 0.29) is 0 Å². The van der Waals surface area contributed by atoms with Gasteiger partial charge in [-0.3, -0.25) is 10.5 Å². The normalized spacial score (nSPS) is 11.5. The Bertz CT molecular complexity index is 262. The Morgan fingerprint density at radius 3 is 2.92 bits per heavy atom. The molecule has 1 aromatic rings. The van der Waals surface area contributed by atoms with E-state index in [1.807, 2.05) is 25.1 Å². The third-order valence-corrected chi connectivity index (χ3v) is 1.64. The Labute approximate surface area is 77.8 Å². The van der Waals surface area contributed by atoms with E-state index in [1.165, 1.54) is 0 Å². The smallest absolute Gasteiger partial charge is 0.141 e. The lowest BCUT2D eigenvalue weighted by atomic mass is 10.4. The van der Waals surface area contributed by atoms with Crippen LogP contribution in [0.2, 0.25) is 0 Å². The summed E-state index contributed by atoms with van der Waals surface area (Å²) in [5.41, 5.74) is 2.89. The monoisotopic (exact) mass is 181 g/mol. The maximum atomic E-state index is 4.21. The molecule has 72 valence electrons. The average Bonchev–Trinajstić information content (AvgIpc) is 2.57. The van der Waals surface area contributed by atoms with Gasteiger partial charge in [-0.2, -0.15) is 10.2 Å². The highest BCUT2D eigenvalue weighted by Crippen LogP contribution is 1.99. The van der Waals surface area contributed by atoms with E-state index in [2.05, 4.69) is 27.6 Å². The first kappa shape index (κ1) is 9.57. The van der Waals surface area contributed by atoms with Crippen LogP contribution in [0.3, 0.4) is 0 Å². The zero-order valence-corrected chi connectivity index (χ0v) is 8.20. The zero-order valence-electron chi connectivity index (χ0n) is 8.20. The molecule has 1 heterocycles. The first-order chi connectivity index (χ1) is 6.24. The molecule has 0 fully saturated rings. The first-order valence-corrected chi connectivity index (χ1v) is 4.23. The summed E-state index contributed by atoms with van der Waals surface area (Å²) in [7, 11) is 3.94. The van der Waals surface area contributed by atoms with Gasteiger partial charge in [-0.1, -0.05) is 6.92 Å². The van der Waals surface area contributed by atoms with Gasteiger partial charge in [-0.05, 0) is 0 Å². The van der Waals surface area contributed by atoms with Gasteiger partial charge >= 0.3 is 0 Å². The summed E-state index contributed by atoms with van der Waals surface area (Å²) in [6, 6.07) is 1.83. The molecule has 13 heavy (non-hydrogen) atoms. The predicted octanol–water partition coefficient (Wildman–Crippen LogP) is 1.11. The Kier molecular flexibility index (Phi) is 3.31. The lowest BCUT2D eigenvalue weighted by molar-refractivity contribution is 0.605. The van der Waals surface area contributed by atoms with Crippen LogP contribution in [0.4, 0.5) is 5.82 Å². The van der Waals surface area contributed by atoms with E-state index < -0.39 is 0 Å². The molecule has 0 amide bonds. The number of anilines is 1. The molecule has 0 saturated heterocycles. The van der Waals surface area contributed by atoms with Crippen LogP contribution < -0.4 is 5.43 Å². The second-order valence-electron chi connectivity index (χ2n) is 2.86. The van der Waals surface area contributed by atoms with E-state index in [9.17, 15) is 0 Å². The van der Waals surface area contributed by atoms with Crippen molar-refractivity contribution in [2.24, 2.45) is 5.10 Å². The van der Waals surface area contributed by atoms with Gasteiger partial charge in [0.15, 0.2) is 0 Å². The average molecular weight is 181 g/mol. The van der Waals surface area contributed by atoms with Crippen LogP contribution in [0.25, 0.3) is 0 Å². The predicted molar refractivity (Wildman–Crippen MR) is 53.6 cm³/mol. The summed E-state index contributed by atoms with van der Waals surface area (Å²) < 4.78 is 0. The Hall–Kier alpha value is -1.52. The van der Waals surface area contributed by atoms with E-state index in [0.29, 0.717) is 0 Å². The number of H-pyrrole nitrogens is 1. The van der Waals surface area contributed by atoms with Gasteiger partial charge in [-0.15, -0.1) is 0 Å². The van der Waals surface area contributed by atoms with Gasteiger partial charge in [0.2, 0.25) is 0 Å². The number of amidine groups is 1. The highest BCUT2D eigenvalue weighted by atomic mass is 15.4. The molecular formula is C8H15N5. The zero-order chi connectivity index (χ0) is 9.68.